The van der Waals surface area contributed by atoms with Crippen molar-refractivity contribution in [2.24, 2.45) is 0 Å². The molecule has 1 heterocycles. The molecular formula is C8H3F3IN3O3. The van der Waals surface area contributed by atoms with Crippen LogP contribution < -0.4 is 4.74 Å². The van der Waals surface area contributed by atoms with Gasteiger partial charge in [0.1, 0.15) is 3.57 Å². The summed E-state index contributed by atoms with van der Waals surface area (Å²) in [6.45, 7) is 0. The van der Waals surface area contributed by atoms with Crippen LogP contribution in [0.2, 0.25) is 0 Å². The molecule has 0 aliphatic heterocycles. The average Bonchev–Trinajstić information content (AvgIpc) is 2.21. The van der Waals surface area contributed by atoms with E-state index in [1.54, 1.807) is 6.07 Å². The zero-order valence-electron chi connectivity index (χ0n) is 8.36. The highest BCUT2D eigenvalue weighted by Gasteiger charge is 2.36. The first-order valence-corrected chi connectivity index (χ1v) is 5.29. The fraction of sp³-hybridized carbons (Fsp3) is 0.250. The molecule has 0 unspecified atom stereocenters. The van der Waals surface area contributed by atoms with Crippen LogP contribution in [-0.2, 0) is 6.42 Å². The number of nitrogens with zero attached hydrogens (tertiary/aromatic N) is 3. The first kappa shape index (κ1) is 14.4. The molecule has 0 bridgehead atoms. The van der Waals surface area contributed by atoms with Crippen LogP contribution in [0.25, 0.3) is 0 Å². The number of rotatable bonds is 3. The number of ether oxygens (including phenoxy) is 1. The van der Waals surface area contributed by atoms with E-state index in [1.165, 1.54) is 22.6 Å². The van der Waals surface area contributed by atoms with Gasteiger partial charge in [0, 0.05) is 11.1 Å². The molecule has 1 aromatic rings. The van der Waals surface area contributed by atoms with Gasteiger partial charge in [0.15, 0.2) is 0 Å². The van der Waals surface area contributed by atoms with Crippen LogP contribution in [0.15, 0.2) is 6.07 Å². The summed E-state index contributed by atoms with van der Waals surface area (Å²) >= 11 is 1.48. The van der Waals surface area contributed by atoms with Crippen LogP contribution in [0.4, 0.5) is 19.0 Å². The number of nitro groups is 1. The van der Waals surface area contributed by atoms with E-state index < -0.39 is 23.0 Å². The molecule has 1 aromatic heterocycles. The number of pyridine rings is 1. The Balaban J connectivity index is 3.32. The molecule has 0 spiro atoms. The molecule has 0 aliphatic carbocycles. The van der Waals surface area contributed by atoms with Crippen molar-refractivity contribution in [1.29, 1.82) is 5.26 Å². The molecule has 6 nitrogen and oxygen atoms in total. The number of aromatic nitrogens is 1. The van der Waals surface area contributed by atoms with E-state index in [9.17, 15) is 23.3 Å². The van der Waals surface area contributed by atoms with Crippen LogP contribution in [0.3, 0.4) is 0 Å². The quantitative estimate of drug-likeness (QED) is 0.462. The second kappa shape index (κ2) is 5.34. The molecule has 0 radical (unpaired) electrons. The van der Waals surface area contributed by atoms with Gasteiger partial charge in [0.05, 0.1) is 12.5 Å². The van der Waals surface area contributed by atoms with E-state index in [2.05, 4.69) is 9.72 Å². The maximum absolute atomic E-state index is 12.1. The molecule has 1 rings (SSSR count). The van der Waals surface area contributed by atoms with Gasteiger partial charge in [-0.3, -0.25) is 0 Å². The van der Waals surface area contributed by atoms with Gasteiger partial charge in [-0.1, -0.05) is 0 Å². The Hall–Kier alpha value is -1.64. The number of hydrogen-bond acceptors (Lipinski definition) is 5. The summed E-state index contributed by atoms with van der Waals surface area (Å²) in [4.78, 5) is 12.7. The molecule has 18 heavy (non-hydrogen) atoms. The standard InChI is InChI=1S/C8H3F3IN3O3/c9-8(10,11)18-7-6(12)4(1-2-13)3-5(14-7)15(16)17/h3H,1H2. The van der Waals surface area contributed by atoms with Crippen molar-refractivity contribution in [3.63, 3.8) is 0 Å². The minimum Gasteiger partial charge on any atom is -0.366 e. The normalized spacial score (nSPS) is 10.8. The maximum atomic E-state index is 12.1. The minimum atomic E-state index is -5.01. The van der Waals surface area contributed by atoms with E-state index >= 15 is 0 Å². The fourth-order valence-electron chi connectivity index (χ4n) is 1.03. The fourth-order valence-corrected chi connectivity index (χ4v) is 1.60. The third-order valence-corrected chi connectivity index (χ3v) is 2.81. The van der Waals surface area contributed by atoms with Crippen molar-refractivity contribution < 1.29 is 22.8 Å². The lowest BCUT2D eigenvalue weighted by molar-refractivity contribution is -0.390. The summed E-state index contributed by atoms with van der Waals surface area (Å²) in [6.07, 6.45) is -5.29. The largest absolute Gasteiger partial charge is 0.575 e. The van der Waals surface area contributed by atoms with Gasteiger partial charge in [-0.25, -0.2) is 0 Å². The van der Waals surface area contributed by atoms with Crippen LogP contribution in [0.5, 0.6) is 5.88 Å². The third-order valence-electron chi connectivity index (χ3n) is 1.66. The van der Waals surface area contributed by atoms with Crippen LogP contribution in [-0.4, -0.2) is 16.3 Å². The topological polar surface area (TPSA) is 89.0 Å². The van der Waals surface area contributed by atoms with Crippen LogP contribution in [0.1, 0.15) is 5.56 Å². The van der Waals surface area contributed by atoms with E-state index in [0.717, 1.165) is 6.07 Å². The van der Waals surface area contributed by atoms with Gasteiger partial charge in [0.25, 0.3) is 0 Å². The molecule has 0 fully saturated rings. The molecule has 10 heteroatoms. The maximum Gasteiger partial charge on any atom is 0.575 e. The highest BCUT2D eigenvalue weighted by molar-refractivity contribution is 14.1. The molecule has 0 N–H and O–H groups in total. The van der Waals surface area contributed by atoms with Crippen molar-refractivity contribution in [1.82, 2.24) is 4.98 Å². The summed E-state index contributed by atoms with van der Waals surface area (Å²) in [5.74, 6) is -1.73. The van der Waals surface area contributed by atoms with Crippen LogP contribution >= 0.6 is 22.6 Å². The number of nitriles is 1. The highest BCUT2D eigenvalue weighted by atomic mass is 127. The van der Waals surface area contributed by atoms with E-state index in [0.29, 0.717) is 0 Å². The second-order valence-electron chi connectivity index (χ2n) is 2.90. The molecule has 0 aromatic carbocycles. The Morgan fingerprint density at radius 1 is 1.61 bits per heavy atom. The lowest BCUT2D eigenvalue weighted by atomic mass is 10.2. The summed E-state index contributed by atoms with van der Waals surface area (Å²) in [5, 5.41) is 19.0. The predicted octanol–water partition coefficient (Wildman–Crippen LogP) is 2.56. The lowest BCUT2D eigenvalue weighted by Gasteiger charge is -2.08. The van der Waals surface area contributed by atoms with Gasteiger partial charge in [-0.05, 0) is 33.1 Å². The monoisotopic (exact) mass is 373 g/mol. The van der Waals surface area contributed by atoms with E-state index in [1.807, 2.05) is 0 Å². The lowest BCUT2D eigenvalue weighted by Crippen LogP contribution is -2.19. The summed E-state index contributed by atoms with van der Waals surface area (Å²) in [6, 6.07) is 2.63. The Labute approximate surface area is 112 Å². The smallest absolute Gasteiger partial charge is 0.366 e. The Morgan fingerprint density at radius 2 is 2.22 bits per heavy atom. The Bertz CT molecular complexity index is 527. The Kier molecular flexibility index (Phi) is 4.28. The van der Waals surface area contributed by atoms with Gasteiger partial charge in [0.2, 0.25) is 0 Å². The summed E-state index contributed by atoms with van der Waals surface area (Å²) < 4.78 is 39.7. The van der Waals surface area contributed by atoms with Crippen molar-refractivity contribution in [2.45, 2.75) is 12.8 Å². The van der Waals surface area contributed by atoms with Gasteiger partial charge >= 0.3 is 18.1 Å². The molecule has 0 aliphatic rings. The molecule has 0 atom stereocenters. The highest BCUT2D eigenvalue weighted by Crippen LogP contribution is 2.30. The molecule has 0 saturated carbocycles. The minimum absolute atomic E-state index is 0.0547. The molecule has 96 valence electrons. The first-order chi connectivity index (χ1) is 8.24. The van der Waals surface area contributed by atoms with Crippen molar-refractivity contribution >= 4 is 28.4 Å². The number of hydrogen-bond donors (Lipinski definition) is 0. The molecule has 0 amide bonds. The van der Waals surface area contributed by atoms with E-state index in [4.69, 9.17) is 5.26 Å². The zero-order chi connectivity index (χ0) is 13.9. The van der Waals surface area contributed by atoms with Gasteiger partial charge in [-0.15, -0.1) is 13.2 Å². The SMILES string of the molecule is N#CCc1cc([N+](=O)[O-])nc(OC(F)(F)F)c1I. The Morgan fingerprint density at radius 3 is 2.67 bits per heavy atom. The number of halogens is 4. The third kappa shape index (κ3) is 3.69. The summed E-state index contributed by atoms with van der Waals surface area (Å²) in [7, 11) is 0. The van der Waals surface area contributed by atoms with Crippen molar-refractivity contribution in [2.75, 3.05) is 0 Å². The van der Waals surface area contributed by atoms with Gasteiger partial charge < -0.3 is 14.9 Å². The van der Waals surface area contributed by atoms with Crippen LogP contribution in [0, 0.1) is 25.0 Å². The summed E-state index contributed by atoms with van der Waals surface area (Å²) in [5.41, 5.74) is 0.0547. The van der Waals surface area contributed by atoms with Gasteiger partial charge in [-0.2, -0.15) is 5.26 Å². The predicted molar refractivity (Wildman–Crippen MR) is 59.6 cm³/mol. The average molecular weight is 373 g/mol. The number of alkyl halides is 3. The molecule has 0 saturated heterocycles. The molecular weight excluding hydrogens is 370 g/mol. The second-order valence-corrected chi connectivity index (χ2v) is 3.98. The van der Waals surface area contributed by atoms with Crippen molar-refractivity contribution in [3.05, 3.63) is 25.3 Å². The van der Waals surface area contributed by atoms with E-state index in [-0.39, 0.29) is 15.6 Å². The zero-order valence-corrected chi connectivity index (χ0v) is 10.5. The van der Waals surface area contributed by atoms with Crippen molar-refractivity contribution in [3.8, 4) is 11.9 Å². The first-order valence-electron chi connectivity index (χ1n) is 4.21.